The maximum atomic E-state index is 4.05. The van der Waals surface area contributed by atoms with Crippen molar-refractivity contribution in [3.05, 3.63) is 0 Å². The molecule has 1 nitrogen and oxygen atoms in total. The first kappa shape index (κ1) is 6.09. The molecular formula is C7H16N+. The summed E-state index contributed by atoms with van der Waals surface area (Å²) in [6.07, 6.45) is 5.58. The van der Waals surface area contributed by atoms with E-state index in [-0.39, 0.29) is 0 Å². The number of rotatable bonds is 0. The van der Waals surface area contributed by atoms with Gasteiger partial charge in [-0.2, -0.15) is 0 Å². The van der Waals surface area contributed by atoms with Crippen LogP contribution in [0.25, 0.3) is 0 Å². The third kappa shape index (κ3) is 1.48. The summed E-state index contributed by atoms with van der Waals surface area (Å²) in [4.78, 5) is 0. The molecule has 48 valence electrons. The Bertz CT molecular complexity index is 62.8. The molecule has 3 N–H and O–H groups in total. The molecule has 0 aromatic rings. The summed E-state index contributed by atoms with van der Waals surface area (Å²) in [5, 5.41) is 0. The van der Waals surface area contributed by atoms with Crippen LogP contribution in [0.1, 0.15) is 32.6 Å². The van der Waals surface area contributed by atoms with Crippen LogP contribution in [-0.2, 0) is 0 Å². The normalized spacial score (nSPS) is 39.8. The lowest BCUT2D eigenvalue weighted by Crippen LogP contribution is -2.62. The molecule has 1 heteroatoms. The zero-order valence-electron chi connectivity index (χ0n) is 5.69. The molecule has 1 aliphatic rings. The van der Waals surface area contributed by atoms with Gasteiger partial charge < -0.3 is 5.73 Å². The van der Waals surface area contributed by atoms with Crippen LogP contribution in [-0.4, -0.2) is 6.04 Å². The summed E-state index contributed by atoms with van der Waals surface area (Å²) in [6.45, 7) is 2.33. The van der Waals surface area contributed by atoms with Crippen LogP contribution in [0.5, 0.6) is 0 Å². The van der Waals surface area contributed by atoms with Crippen molar-refractivity contribution in [2.45, 2.75) is 38.6 Å². The molecule has 2 atom stereocenters. The van der Waals surface area contributed by atoms with E-state index in [4.69, 9.17) is 0 Å². The number of hydrogen-bond acceptors (Lipinski definition) is 0. The van der Waals surface area contributed by atoms with E-state index in [1.165, 1.54) is 25.7 Å². The fraction of sp³-hybridized carbons (Fsp3) is 1.00. The molecule has 0 aliphatic heterocycles. The van der Waals surface area contributed by atoms with E-state index in [2.05, 4.69) is 12.7 Å². The third-order valence-electron chi connectivity index (χ3n) is 2.04. The van der Waals surface area contributed by atoms with Gasteiger partial charge in [-0.25, -0.2) is 0 Å². The summed E-state index contributed by atoms with van der Waals surface area (Å²) in [7, 11) is 0. The fourth-order valence-electron chi connectivity index (χ4n) is 1.56. The van der Waals surface area contributed by atoms with Gasteiger partial charge in [0.25, 0.3) is 0 Å². The van der Waals surface area contributed by atoms with E-state index < -0.39 is 0 Å². The van der Waals surface area contributed by atoms with Crippen molar-refractivity contribution in [2.75, 3.05) is 0 Å². The first-order valence-corrected chi connectivity index (χ1v) is 3.62. The van der Waals surface area contributed by atoms with Crippen molar-refractivity contribution in [3.63, 3.8) is 0 Å². The topological polar surface area (TPSA) is 27.6 Å². The van der Waals surface area contributed by atoms with Gasteiger partial charge in [0.1, 0.15) is 0 Å². The van der Waals surface area contributed by atoms with E-state index in [0.29, 0.717) is 0 Å². The highest BCUT2D eigenvalue weighted by Crippen LogP contribution is 2.20. The minimum absolute atomic E-state index is 0.763. The fourth-order valence-corrected chi connectivity index (χ4v) is 1.56. The van der Waals surface area contributed by atoms with Crippen molar-refractivity contribution < 1.29 is 5.73 Å². The Labute approximate surface area is 51.3 Å². The molecule has 0 bridgehead atoms. The molecular weight excluding hydrogens is 98.1 g/mol. The highest BCUT2D eigenvalue weighted by Gasteiger charge is 2.16. The molecule has 1 fully saturated rings. The highest BCUT2D eigenvalue weighted by atomic mass is 14.6. The van der Waals surface area contributed by atoms with Gasteiger partial charge in [-0.15, -0.1) is 0 Å². The Morgan fingerprint density at radius 1 is 1.38 bits per heavy atom. The molecule has 0 radical (unpaired) electrons. The summed E-state index contributed by atoms with van der Waals surface area (Å²) in [6, 6.07) is 0.763. The first-order chi connectivity index (χ1) is 3.79. The third-order valence-corrected chi connectivity index (χ3v) is 2.04. The Hall–Kier alpha value is -0.0400. The number of quaternary nitrogens is 1. The zero-order chi connectivity index (χ0) is 5.98. The molecule has 0 unspecified atom stereocenters. The van der Waals surface area contributed by atoms with Crippen LogP contribution >= 0.6 is 0 Å². The lowest BCUT2D eigenvalue weighted by Gasteiger charge is -2.20. The summed E-state index contributed by atoms with van der Waals surface area (Å²) >= 11 is 0. The standard InChI is InChI=1S/C7H15N/c1-6-3-2-4-7(8)5-6/h6-7H,2-5,8H2,1H3/p+1/t6-,7+/m1/s1. The molecule has 1 saturated carbocycles. The molecule has 0 spiro atoms. The van der Waals surface area contributed by atoms with Crippen LogP contribution in [0, 0.1) is 5.92 Å². The molecule has 1 aliphatic carbocycles. The average molecular weight is 114 g/mol. The summed E-state index contributed by atoms with van der Waals surface area (Å²) in [5.74, 6) is 0.950. The minimum Gasteiger partial charge on any atom is -0.355 e. The van der Waals surface area contributed by atoms with Gasteiger partial charge in [-0.1, -0.05) is 13.3 Å². The van der Waals surface area contributed by atoms with Crippen molar-refractivity contribution in [1.82, 2.24) is 0 Å². The van der Waals surface area contributed by atoms with Crippen LogP contribution in [0.15, 0.2) is 0 Å². The Morgan fingerprint density at radius 3 is 2.50 bits per heavy atom. The van der Waals surface area contributed by atoms with Gasteiger partial charge in [0, 0.05) is 6.42 Å². The molecule has 0 heterocycles. The minimum atomic E-state index is 0.763. The van der Waals surface area contributed by atoms with Crippen molar-refractivity contribution in [2.24, 2.45) is 5.92 Å². The van der Waals surface area contributed by atoms with Crippen molar-refractivity contribution in [3.8, 4) is 0 Å². The van der Waals surface area contributed by atoms with Gasteiger partial charge in [0.05, 0.1) is 6.04 Å². The molecule has 0 aromatic carbocycles. The second-order valence-electron chi connectivity index (χ2n) is 3.14. The molecule has 8 heavy (non-hydrogen) atoms. The van der Waals surface area contributed by atoms with E-state index in [0.717, 1.165) is 12.0 Å². The zero-order valence-corrected chi connectivity index (χ0v) is 5.69. The predicted octanol–water partition coefficient (Wildman–Crippen LogP) is 0.807. The lowest BCUT2D eigenvalue weighted by molar-refractivity contribution is -0.427. The second kappa shape index (κ2) is 2.49. The van der Waals surface area contributed by atoms with Crippen LogP contribution in [0.4, 0.5) is 0 Å². The van der Waals surface area contributed by atoms with E-state index in [1.807, 2.05) is 0 Å². The Morgan fingerprint density at radius 2 is 2.12 bits per heavy atom. The van der Waals surface area contributed by atoms with E-state index >= 15 is 0 Å². The van der Waals surface area contributed by atoms with Gasteiger partial charge in [0.15, 0.2) is 0 Å². The maximum Gasteiger partial charge on any atom is 0.0846 e. The average Bonchev–Trinajstić information content (AvgIpc) is 1.64. The van der Waals surface area contributed by atoms with E-state index in [9.17, 15) is 0 Å². The molecule has 0 amide bonds. The summed E-state index contributed by atoms with van der Waals surface area (Å²) < 4.78 is 0. The predicted molar refractivity (Wildman–Crippen MR) is 34.3 cm³/mol. The SMILES string of the molecule is C[C@@H]1CCC[C@H]([NH3+])C1. The van der Waals surface area contributed by atoms with Crippen LogP contribution < -0.4 is 5.73 Å². The monoisotopic (exact) mass is 114 g/mol. The smallest absolute Gasteiger partial charge is 0.0846 e. The largest absolute Gasteiger partial charge is 0.355 e. The van der Waals surface area contributed by atoms with Gasteiger partial charge in [-0.05, 0) is 18.8 Å². The number of hydrogen-bond donors (Lipinski definition) is 1. The quantitative estimate of drug-likeness (QED) is 0.482. The first-order valence-electron chi connectivity index (χ1n) is 3.62. The van der Waals surface area contributed by atoms with Crippen LogP contribution in [0.2, 0.25) is 0 Å². The Balaban J connectivity index is 2.23. The molecule has 0 saturated heterocycles. The second-order valence-corrected chi connectivity index (χ2v) is 3.14. The van der Waals surface area contributed by atoms with Gasteiger partial charge in [-0.3, -0.25) is 0 Å². The maximum absolute atomic E-state index is 4.05. The Kier molecular flexibility index (Phi) is 1.90. The van der Waals surface area contributed by atoms with Crippen LogP contribution in [0.3, 0.4) is 0 Å². The highest BCUT2D eigenvalue weighted by molar-refractivity contribution is 4.66. The van der Waals surface area contributed by atoms with E-state index in [1.54, 1.807) is 0 Å². The molecule has 0 aromatic heterocycles. The van der Waals surface area contributed by atoms with Crippen molar-refractivity contribution in [1.29, 1.82) is 0 Å². The lowest BCUT2D eigenvalue weighted by atomic mass is 9.88. The molecule has 1 rings (SSSR count). The van der Waals surface area contributed by atoms with Gasteiger partial charge in [0.2, 0.25) is 0 Å². The van der Waals surface area contributed by atoms with Crippen molar-refractivity contribution >= 4 is 0 Å². The van der Waals surface area contributed by atoms with Gasteiger partial charge >= 0.3 is 0 Å². The summed E-state index contributed by atoms with van der Waals surface area (Å²) in [5.41, 5.74) is 4.05.